The number of hydrogen-bond acceptors (Lipinski definition) is 7. The number of amides is 1. The van der Waals surface area contributed by atoms with Gasteiger partial charge < -0.3 is 30.9 Å². The maximum absolute atomic E-state index is 12.6. The van der Waals surface area contributed by atoms with Gasteiger partial charge in [-0.2, -0.15) is 0 Å². The number of aryl methyl sites for hydroxylation is 1. The summed E-state index contributed by atoms with van der Waals surface area (Å²) in [7, 11) is 0. The molecule has 1 atom stereocenters. The van der Waals surface area contributed by atoms with Crippen LogP contribution in [0.1, 0.15) is 83.8 Å². The molecule has 0 saturated heterocycles. The van der Waals surface area contributed by atoms with Gasteiger partial charge in [-0.1, -0.05) is 49.6 Å². The fourth-order valence-electron chi connectivity index (χ4n) is 6.22. The highest BCUT2D eigenvalue weighted by Gasteiger charge is 2.41. The number of carbonyl (C=O) groups excluding carboxylic acids is 1. The maximum Gasteiger partial charge on any atom is 0.314 e. The molecule has 0 bridgehead atoms. The van der Waals surface area contributed by atoms with E-state index < -0.39 is 17.5 Å². The van der Waals surface area contributed by atoms with E-state index in [9.17, 15) is 29.7 Å². The van der Waals surface area contributed by atoms with E-state index in [4.69, 9.17) is 0 Å². The summed E-state index contributed by atoms with van der Waals surface area (Å²) in [6.45, 7) is 1.12. The van der Waals surface area contributed by atoms with Crippen molar-refractivity contribution < 1.29 is 24.9 Å². The van der Waals surface area contributed by atoms with Crippen molar-refractivity contribution in [3.63, 3.8) is 0 Å². The molecule has 1 fully saturated rings. The molecule has 0 aliphatic heterocycles. The second-order valence-electron chi connectivity index (χ2n) is 11.8. The number of nitrogens with zero attached hydrogens (tertiary/aromatic N) is 1. The molecule has 1 saturated carbocycles. The van der Waals surface area contributed by atoms with E-state index in [2.05, 4.69) is 26.7 Å². The molecule has 10 nitrogen and oxygen atoms in total. The number of carboxylic acids is 1. The zero-order valence-electron chi connectivity index (χ0n) is 25.2. The molecule has 0 radical (unpaired) electrons. The van der Waals surface area contributed by atoms with Gasteiger partial charge in [0.1, 0.15) is 5.75 Å². The fraction of sp³-hybridized carbons (Fsp3) is 0.371. The number of rotatable bonds is 13. The Labute approximate surface area is 261 Å². The highest BCUT2D eigenvalue weighted by atomic mass is 16.4. The lowest BCUT2D eigenvalue weighted by Crippen LogP contribution is -2.37. The van der Waals surface area contributed by atoms with Crippen molar-refractivity contribution in [2.45, 2.75) is 69.4 Å². The van der Waals surface area contributed by atoms with Gasteiger partial charge in [0.25, 0.3) is 5.91 Å². The summed E-state index contributed by atoms with van der Waals surface area (Å²) >= 11 is 0. The Balaban J connectivity index is 1.04. The van der Waals surface area contributed by atoms with Gasteiger partial charge in [0.15, 0.2) is 0 Å². The molecule has 1 aliphatic rings. The van der Waals surface area contributed by atoms with Crippen LogP contribution in [0.5, 0.6) is 5.75 Å². The van der Waals surface area contributed by atoms with Crippen LogP contribution in [0.2, 0.25) is 0 Å². The average Bonchev–Trinajstić information content (AvgIpc) is 3.05. The van der Waals surface area contributed by atoms with Gasteiger partial charge in [0.05, 0.1) is 28.3 Å². The standard InChI is InChI=1S/C35H40N4O6/c40-29-14-12-27(28-13-15-31(42)39-32(28)29)30(41)22-36-21-26-11-10-24(20-38-26)33(43)37-18-5-2-7-23-8-6-9-25(19-23)35(34(44)45)16-3-1-4-17-35/h6,8-15,19-20,30,36,40-41H,1-5,7,16-18,21-22H2,(H,37,43)(H,39,42)(H,44,45). The van der Waals surface area contributed by atoms with E-state index in [0.29, 0.717) is 48.1 Å². The summed E-state index contributed by atoms with van der Waals surface area (Å²) in [6, 6.07) is 17.5. The first-order valence-corrected chi connectivity index (χ1v) is 15.6. The Morgan fingerprint density at radius 1 is 1.00 bits per heavy atom. The number of nitrogens with one attached hydrogen (secondary N) is 3. The van der Waals surface area contributed by atoms with Crippen molar-refractivity contribution >= 4 is 22.8 Å². The lowest BCUT2D eigenvalue weighted by Gasteiger charge is -2.34. The van der Waals surface area contributed by atoms with E-state index >= 15 is 0 Å². The number of phenols is 1. The number of unbranched alkanes of at least 4 members (excludes halogenated alkanes) is 1. The number of hydrogen-bond donors (Lipinski definition) is 6. The summed E-state index contributed by atoms with van der Waals surface area (Å²) in [5, 5.41) is 37.4. The topological polar surface area (TPSA) is 165 Å². The first-order valence-electron chi connectivity index (χ1n) is 15.6. The number of phenolic OH excluding ortho intramolecular Hbond substituents is 1. The Hall–Kier alpha value is -4.54. The van der Waals surface area contributed by atoms with Gasteiger partial charge in [-0.05, 0) is 73.1 Å². The molecule has 2 heterocycles. The third-order valence-electron chi connectivity index (χ3n) is 8.77. The molecule has 6 N–H and O–H groups in total. The number of carbonyl (C=O) groups is 2. The number of aliphatic hydroxyl groups is 1. The largest absolute Gasteiger partial charge is 0.506 e. The van der Waals surface area contributed by atoms with Gasteiger partial charge in [0, 0.05) is 37.3 Å². The van der Waals surface area contributed by atoms with Gasteiger partial charge in [0.2, 0.25) is 5.56 Å². The third-order valence-corrected chi connectivity index (χ3v) is 8.77. The van der Waals surface area contributed by atoms with Crippen LogP contribution in [0.3, 0.4) is 0 Å². The quantitative estimate of drug-likeness (QED) is 0.120. The van der Waals surface area contributed by atoms with Crippen molar-refractivity contribution in [3.8, 4) is 5.75 Å². The Kier molecular flexibility index (Phi) is 10.3. The first-order chi connectivity index (χ1) is 21.8. The number of fused-ring (bicyclic) bond motifs is 1. The zero-order valence-corrected chi connectivity index (χ0v) is 25.2. The van der Waals surface area contributed by atoms with Crippen molar-refractivity contribution in [2.75, 3.05) is 13.1 Å². The van der Waals surface area contributed by atoms with E-state index in [1.165, 1.54) is 18.3 Å². The minimum Gasteiger partial charge on any atom is -0.506 e. The number of benzene rings is 2. The lowest BCUT2D eigenvalue weighted by atomic mass is 9.69. The highest BCUT2D eigenvalue weighted by molar-refractivity contribution is 5.93. The Morgan fingerprint density at radius 2 is 1.82 bits per heavy atom. The van der Waals surface area contributed by atoms with Crippen molar-refractivity contribution in [1.82, 2.24) is 20.6 Å². The van der Waals surface area contributed by atoms with Crippen LogP contribution in [0, 0.1) is 0 Å². The number of aromatic amines is 1. The minimum atomic E-state index is -0.883. The number of aliphatic carboxylic acids is 1. The van der Waals surface area contributed by atoms with E-state index in [0.717, 1.165) is 49.7 Å². The Morgan fingerprint density at radius 3 is 2.58 bits per heavy atom. The molecule has 1 amide bonds. The SMILES string of the molecule is O=C(NCCCCc1cccc(C2(C(=O)O)CCCCC2)c1)c1ccc(CNCC(O)c2ccc(O)c3[nH]c(=O)ccc23)nc1. The second kappa shape index (κ2) is 14.5. The number of pyridine rings is 2. The number of aromatic hydroxyl groups is 1. The predicted octanol–water partition coefficient (Wildman–Crippen LogP) is 4.49. The molecule has 10 heteroatoms. The first kappa shape index (κ1) is 31.9. The van der Waals surface area contributed by atoms with Crippen LogP contribution in [-0.2, 0) is 23.2 Å². The van der Waals surface area contributed by atoms with Gasteiger partial charge >= 0.3 is 5.97 Å². The van der Waals surface area contributed by atoms with Crippen LogP contribution < -0.4 is 16.2 Å². The van der Waals surface area contributed by atoms with E-state index in [-0.39, 0.29) is 29.3 Å². The number of aliphatic hydroxyl groups excluding tert-OH is 1. The zero-order chi connectivity index (χ0) is 31.8. The molecule has 4 aromatic rings. The number of aromatic nitrogens is 2. The molecule has 1 aliphatic carbocycles. The summed E-state index contributed by atoms with van der Waals surface area (Å²) < 4.78 is 0. The molecule has 1 unspecified atom stereocenters. The third kappa shape index (κ3) is 7.58. The average molecular weight is 613 g/mol. The monoisotopic (exact) mass is 612 g/mol. The van der Waals surface area contributed by atoms with Crippen LogP contribution in [0.15, 0.2) is 71.7 Å². The van der Waals surface area contributed by atoms with E-state index in [1.54, 1.807) is 24.3 Å². The lowest BCUT2D eigenvalue weighted by molar-refractivity contribution is -0.145. The molecular formula is C35H40N4O6. The number of carboxylic acid groups (broad SMARTS) is 1. The van der Waals surface area contributed by atoms with E-state index in [1.807, 2.05) is 18.2 Å². The van der Waals surface area contributed by atoms with Crippen LogP contribution in [-0.4, -0.2) is 50.3 Å². The molecule has 45 heavy (non-hydrogen) atoms. The van der Waals surface area contributed by atoms with Crippen LogP contribution in [0.25, 0.3) is 10.9 Å². The van der Waals surface area contributed by atoms with Crippen molar-refractivity contribution in [2.24, 2.45) is 0 Å². The van der Waals surface area contributed by atoms with Crippen molar-refractivity contribution in [1.29, 1.82) is 0 Å². The molecular weight excluding hydrogens is 572 g/mol. The molecule has 0 spiro atoms. The van der Waals surface area contributed by atoms with Gasteiger partial charge in [-0.15, -0.1) is 0 Å². The summed E-state index contributed by atoms with van der Waals surface area (Å²) in [6.07, 6.45) is 7.50. The summed E-state index contributed by atoms with van der Waals surface area (Å²) in [5.74, 6) is -0.982. The minimum absolute atomic E-state index is 0.0627. The fourth-order valence-corrected chi connectivity index (χ4v) is 6.22. The molecule has 236 valence electrons. The predicted molar refractivity (Wildman–Crippen MR) is 171 cm³/mol. The maximum atomic E-state index is 12.6. The van der Waals surface area contributed by atoms with Gasteiger partial charge in [-0.3, -0.25) is 19.4 Å². The molecule has 2 aromatic heterocycles. The Bertz CT molecular complexity index is 1690. The molecule has 2 aromatic carbocycles. The molecule has 5 rings (SSSR count). The summed E-state index contributed by atoms with van der Waals surface area (Å²) in [5.41, 5.74) is 2.95. The second-order valence-corrected chi connectivity index (χ2v) is 11.8. The highest BCUT2D eigenvalue weighted by Crippen LogP contribution is 2.40. The van der Waals surface area contributed by atoms with Gasteiger partial charge in [-0.25, -0.2) is 0 Å². The van der Waals surface area contributed by atoms with Crippen molar-refractivity contribution in [3.05, 3.63) is 105 Å². The number of H-pyrrole nitrogens is 1. The van der Waals surface area contributed by atoms with Crippen LogP contribution in [0.4, 0.5) is 0 Å². The summed E-state index contributed by atoms with van der Waals surface area (Å²) in [4.78, 5) is 43.4. The smallest absolute Gasteiger partial charge is 0.314 e. The van der Waals surface area contributed by atoms with Crippen LogP contribution >= 0.6 is 0 Å². The normalized spacial score (nSPS) is 15.0.